The number of nitrogens with one attached hydrogen (secondary N) is 1. The Hall–Kier alpha value is -2.89. The van der Waals surface area contributed by atoms with Gasteiger partial charge in [-0.3, -0.25) is 9.59 Å². The van der Waals surface area contributed by atoms with Gasteiger partial charge in [0, 0.05) is 25.5 Å². The summed E-state index contributed by atoms with van der Waals surface area (Å²) < 4.78 is 24.0. The van der Waals surface area contributed by atoms with Crippen molar-refractivity contribution in [2.45, 2.75) is 19.3 Å². The van der Waals surface area contributed by atoms with E-state index in [1.54, 1.807) is 26.4 Å². The van der Waals surface area contributed by atoms with Crippen LogP contribution >= 0.6 is 0 Å². The Morgan fingerprint density at radius 3 is 2.50 bits per heavy atom. The first-order valence-corrected chi connectivity index (χ1v) is 8.30. The monoisotopic (exact) mass is 359 g/mol. The lowest BCUT2D eigenvalue weighted by molar-refractivity contribution is -0.121. The van der Waals surface area contributed by atoms with Crippen molar-refractivity contribution in [1.29, 1.82) is 0 Å². The number of methoxy groups -OCH3 is 2. The second-order valence-electron chi connectivity index (χ2n) is 5.68. The van der Waals surface area contributed by atoms with Gasteiger partial charge in [-0.25, -0.2) is 4.39 Å². The van der Waals surface area contributed by atoms with Crippen LogP contribution in [0.15, 0.2) is 42.5 Å². The second-order valence-corrected chi connectivity index (χ2v) is 5.68. The van der Waals surface area contributed by atoms with Crippen LogP contribution < -0.4 is 14.8 Å². The summed E-state index contributed by atoms with van der Waals surface area (Å²) in [6, 6.07) is 11.3. The highest BCUT2D eigenvalue weighted by Crippen LogP contribution is 2.24. The molecular formula is C20H22FNO4. The first kappa shape index (κ1) is 19.4. The number of benzene rings is 2. The lowest BCUT2D eigenvalue weighted by Gasteiger charge is -2.11. The number of halogens is 1. The van der Waals surface area contributed by atoms with Crippen LogP contribution in [-0.2, 0) is 11.2 Å². The smallest absolute Gasteiger partial charge is 0.220 e. The summed E-state index contributed by atoms with van der Waals surface area (Å²) in [4.78, 5) is 23.9. The fraction of sp³-hybridized carbons (Fsp3) is 0.300. The number of ether oxygens (including phenoxy) is 2. The molecule has 0 aliphatic rings. The van der Waals surface area contributed by atoms with Crippen LogP contribution in [0.1, 0.15) is 28.8 Å². The third-order valence-corrected chi connectivity index (χ3v) is 3.96. The molecule has 0 aliphatic carbocycles. The molecule has 0 saturated heterocycles. The number of rotatable bonds is 9. The van der Waals surface area contributed by atoms with E-state index < -0.39 is 5.82 Å². The third kappa shape index (κ3) is 5.31. The molecule has 0 spiro atoms. The summed E-state index contributed by atoms with van der Waals surface area (Å²) in [5.74, 6) is 0.191. The number of Topliss-reactive ketones (excluding diaryl/α,β-unsaturated/α-hetero) is 1. The zero-order valence-corrected chi connectivity index (χ0v) is 14.9. The van der Waals surface area contributed by atoms with Crippen molar-refractivity contribution >= 4 is 11.7 Å². The Bertz CT molecular complexity index is 776. The van der Waals surface area contributed by atoms with Gasteiger partial charge in [0.2, 0.25) is 5.91 Å². The first-order valence-electron chi connectivity index (χ1n) is 8.30. The quantitative estimate of drug-likeness (QED) is 0.699. The highest BCUT2D eigenvalue weighted by molar-refractivity contribution is 5.98. The molecule has 0 aromatic heterocycles. The lowest BCUT2D eigenvalue weighted by atomic mass is 10.1. The van der Waals surface area contributed by atoms with Crippen LogP contribution in [0.2, 0.25) is 0 Å². The number of amides is 1. The van der Waals surface area contributed by atoms with E-state index in [2.05, 4.69) is 5.32 Å². The number of carbonyl (C=O) groups is 2. The minimum Gasteiger partial charge on any atom is -0.497 e. The summed E-state index contributed by atoms with van der Waals surface area (Å²) in [5.41, 5.74) is 0.958. The van der Waals surface area contributed by atoms with Gasteiger partial charge in [0.05, 0.1) is 19.8 Å². The topological polar surface area (TPSA) is 64.6 Å². The maximum absolute atomic E-state index is 13.5. The van der Waals surface area contributed by atoms with Gasteiger partial charge in [-0.1, -0.05) is 18.2 Å². The van der Waals surface area contributed by atoms with Gasteiger partial charge in [-0.15, -0.1) is 0 Å². The Labute approximate surface area is 152 Å². The molecule has 0 saturated carbocycles. The van der Waals surface area contributed by atoms with Gasteiger partial charge in [0.25, 0.3) is 0 Å². The molecule has 0 unspecified atom stereocenters. The molecule has 0 fully saturated rings. The molecule has 6 heteroatoms. The highest BCUT2D eigenvalue weighted by Gasteiger charge is 2.13. The molecule has 138 valence electrons. The molecule has 0 aliphatic heterocycles. The Balaban J connectivity index is 1.79. The zero-order valence-electron chi connectivity index (χ0n) is 14.9. The summed E-state index contributed by atoms with van der Waals surface area (Å²) in [6.07, 6.45) is 0.575. The van der Waals surface area contributed by atoms with Crippen molar-refractivity contribution in [2.75, 3.05) is 20.8 Å². The molecule has 2 rings (SSSR count). The molecule has 0 heterocycles. The molecule has 5 nitrogen and oxygen atoms in total. The van der Waals surface area contributed by atoms with Crippen LogP contribution in [0.3, 0.4) is 0 Å². The predicted octanol–water partition coefficient (Wildman–Crippen LogP) is 3.16. The summed E-state index contributed by atoms with van der Waals surface area (Å²) >= 11 is 0. The summed E-state index contributed by atoms with van der Waals surface area (Å²) in [7, 11) is 3.16. The van der Waals surface area contributed by atoms with Crippen LogP contribution in [0, 0.1) is 5.82 Å². The zero-order chi connectivity index (χ0) is 18.9. The SMILES string of the molecule is COc1ccc(CCNC(=O)CCC(=O)c2ccccc2F)c(OC)c1. The molecule has 1 N–H and O–H groups in total. The van der Waals surface area contributed by atoms with Crippen LogP contribution in [0.5, 0.6) is 11.5 Å². The van der Waals surface area contributed by atoms with Gasteiger partial charge in [0.15, 0.2) is 5.78 Å². The molecule has 0 atom stereocenters. The number of carbonyl (C=O) groups excluding carboxylic acids is 2. The van der Waals surface area contributed by atoms with Crippen LogP contribution in [-0.4, -0.2) is 32.5 Å². The van der Waals surface area contributed by atoms with E-state index in [9.17, 15) is 14.0 Å². The van der Waals surface area contributed by atoms with E-state index >= 15 is 0 Å². The van der Waals surface area contributed by atoms with E-state index in [0.29, 0.717) is 24.5 Å². The largest absolute Gasteiger partial charge is 0.497 e. The molecule has 26 heavy (non-hydrogen) atoms. The predicted molar refractivity (Wildman–Crippen MR) is 96.2 cm³/mol. The molecule has 2 aromatic carbocycles. The maximum atomic E-state index is 13.5. The summed E-state index contributed by atoms with van der Waals surface area (Å²) in [5, 5.41) is 2.76. The fourth-order valence-corrected chi connectivity index (χ4v) is 2.53. The first-order chi connectivity index (χ1) is 12.5. The number of ketones is 1. The van der Waals surface area contributed by atoms with Gasteiger partial charge < -0.3 is 14.8 Å². The molecule has 1 amide bonds. The van der Waals surface area contributed by atoms with E-state index in [0.717, 1.165) is 5.56 Å². The Morgan fingerprint density at radius 1 is 1.04 bits per heavy atom. The van der Waals surface area contributed by atoms with E-state index in [1.165, 1.54) is 18.2 Å². The van der Waals surface area contributed by atoms with Gasteiger partial charge in [-0.2, -0.15) is 0 Å². The highest BCUT2D eigenvalue weighted by atomic mass is 19.1. The van der Waals surface area contributed by atoms with Gasteiger partial charge in [-0.05, 0) is 30.2 Å². The minimum absolute atomic E-state index is 0.0169. The van der Waals surface area contributed by atoms with Crippen molar-refractivity contribution in [1.82, 2.24) is 5.32 Å². The van der Waals surface area contributed by atoms with Crippen molar-refractivity contribution in [3.8, 4) is 11.5 Å². The van der Waals surface area contributed by atoms with Crippen molar-refractivity contribution < 1.29 is 23.5 Å². The average molecular weight is 359 g/mol. The normalized spacial score (nSPS) is 10.3. The van der Waals surface area contributed by atoms with E-state index in [1.807, 2.05) is 12.1 Å². The molecule has 0 bridgehead atoms. The maximum Gasteiger partial charge on any atom is 0.220 e. The molecule has 2 aromatic rings. The van der Waals surface area contributed by atoms with E-state index in [4.69, 9.17) is 9.47 Å². The number of hydrogen-bond acceptors (Lipinski definition) is 4. The van der Waals surface area contributed by atoms with E-state index in [-0.39, 0.29) is 30.1 Å². The second kappa shape index (κ2) is 9.56. The molecular weight excluding hydrogens is 337 g/mol. The van der Waals surface area contributed by atoms with Crippen LogP contribution in [0.4, 0.5) is 4.39 Å². The van der Waals surface area contributed by atoms with Crippen molar-refractivity contribution in [3.63, 3.8) is 0 Å². The van der Waals surface area contributed by atoms with Crippen molar-refractivity contribution in [3.05, 3.63) is 59.4 Å². The molecule has 0 radical (unpaired) electrons. The lowest BCUT2D eigenvalue weighted by Crippen LogP contribution is -2.26. The Kier molecular flexibility index (Phi) is 7.14. The van der Waals surface area contributed by atoms with Crippen LogP contribution in [0.25, 0.3) is 0 Å². The Morgan fingerprint density at radius 2 is 1.81 bits per heavy atom. The van der Waals surface area contributed by atoms with Gasteiger partial charge in [0.1, 0.15) is 17.3 Å². The average Bonchev–Trinajstić information content (AvgIpc) is 2.66. The number of hydrogen-bond donors (Lipinski definition) is 1. The standard InChI is InChI=1S/C20H22FNO4/c1-25-15-8-7-14(19(13-15)26-2)11-12-22-20(24)10-9-18(23)16-5-3-4-6-17(16)21/h3-8,13H,9-12H2,1-2H3,(H,22,24). The fourth-order valence-electron chi connectivity index (χ4n) is 2.53. The van der Waals surface area contributed by atoms with Crippen molar-refractivity contribution in [2.24, 2.45) is 0 Å². The minimum atomic E-state index is -0.565. The summed E-state index contributed by atoms with van der Waals surface area (Å²) in [6.45, 7) is 0.412. The van der Waals surface area contributed by atoms with Gasteiger partial charge >= 0.3 is 0 Å². The third-order valence-electron chi connectivity index (χ3n) is 3.96.